The molecule has 0 bridgehead atoms. The predicted molar refractivity (Wildman–Crippen MR) is 77.9 cm³/mol. The fourth-order valence-electron chi connectivity index (χ4n) is 1.98. The molecule has 2 aromatic rings. The van der Waals surface area contributed by atoms with Crippen LogP contribution in [0.25, 0.3) is 0 Å². The highest BCUT2D eigenvalue weighted by Gasteiger charge is 2.29. The number of benzene rings is 1. The van der Waals surface area contributed by atoms with Crippen LogP contribution in [0, 0.1) is 12.7 Å². The predicted octanol–water partition coefficient (Wildman–Crippen LogP) is 1.40. The Hall–Kier alpha value is -1.93. The molecule has 0 saturated carbocycles. The van der Waals surface area contributed by atoms with E-state index >= 15 is 0 Å². The molecule has 3 N–H and O–H groups in total. The molecule has 0 aliphatic carbocycles. The number of para-hydroxylation sites is 1. The first kappa shape index (κ1) is 15.5. The van der Waals surface area contributed by atoms with E-state index < -0.39 is 15.8 Å². The van der Waals surface area contributed by atoms with E-state index in [1.807, 2.05) is 0 Å². The molecule has 1 heterocycles. The van der Waals surface area contributed by atoms with Gasteiger partial charge in [-0.15, -0.1) is 0 Å². The van der Waals surface area contributed by atoms with Crippen molar-refractivity contribution in [3.8, 4) is 0 Å². The number of halogens is 1. The zero-order valence-electron chi connectivity index (χ0n) is 11.6. The van der Waals surface area contributed by atoms with Crippen molar-refractivity contribution in [2.75, 3.05) is 17.4 Å². The Kier molecular flexibility index (Phi) is 4.59. The average Bonchev–Trinajstić information content (AvgIpc) is 2.88. The van der Waals surface area contributed by atoms with Gasteiger partial charge in [0, 0.05) is 6.54 Å². The standard InChI is InChI=1S/C13H17FN4O2S/c1-10-13(9-16-17-10)21(19,20)18(8-4-7-15)12-6-3-2-5-11(12)14/h2-3,5-6,9H,4,7-8,15H2,1H3,(H,16,17). The maximum Gasteiger partial charge on any atom is 0.267 e. The van der Waals surface area contributed by atoms with Gasteiger partial charge in [-0.25, -0.2) is 12.8 Å². The number of aromatic amines is 1. The number of nitrogens with one attached hydrogen (secondary N) is 1. The first-order valence-electron chi connectivity index (χ1n) is 6.45. The van der Waals surface area contributed by atoms with Crippen molar-refractivity contribution in [1.82, 2.24) is 10.2 Å². The summed E-state index contributed by atoms with van der Waals surface area (Å²) in [6.07, 6.45) is 1.64. The van der Waals surface area contributed by atoms with Gasteiger partial charge in [0.15, 0.2) is 0 Å². The molecule has 8 heteroatoms. The van der Waals surface area contributed by atoms with E-state index in [-0.39, 0.29) is 17.1 Å². The highest BCUT2D eigenvalue weighted by Crippen LogP contribution is 2.27. The van der Waals surface area contributed by atoms with Crippen molar-refractivity contribution in [1.29, 1.82) is 0 Å². The zero-order valence-corrected chi connectivity index (χ0v) is 12.4. The van der Waals surface area contributed by atoms with Crippen LogP contribution in [0.3, 0.4) is 0 Å². The van der Waals surface area contributed by atoms with E-state index in [9.17, 15) is 12.8 Å². The summed E-state index contributed by atoms with van der Waals surface area (Å²) in [7, 11) is -3.89. The number of hydrogen-bond donors (Lipinski definition) is 2. The Bertz CT molecular complexity index is 714. The van der Waals surface area contributed by atoms with Crippen LogP contribution in [-0.2, 0) is 10.0 Å². The highest BCUT2D eigenvalue weighted by molar-refractivity contribution is 7.92. The van der Waals surface area contributed by atoms with Crippen molar-refractivity contribution in [2.45, 2.75) is 18.2 Å². The number of hydrogen-bond acceptors (Lipinski definition) is 4. The van der Waals surface area contributed by atoms with Crippen LogP contribution >= 0.6 is 0 Å². The van der Waals surface area contributed by atoms with Crippen LogP contribution in [-0.4, -0.2) is 31.7 Å². The Morgan fingerprint density at radius 1 is 1.38 bits per heavy atom. The average molecular weight is 312 g/mol. The number of rotatable bonds is 6. The topological polar surface area (TPSA) is 92.1 Å². The minimum Gasteiger partial charge on any atom is -0.330 e. The number of aryl methyl sites for hydroxylation is 1. The molecule has 0 saturated heterocycles. The molecule has 1 aromatic carbocycles. The fraction of sp³-hybridized carbons (Fsp3) is 0.308. The number of aromatic nitrogens is 2. The van der Waals surface area contributed by atoms with Gasteiger partial charge in [0.2, 0.25) is 0 Å². The van der Waals surface area contributed by atoms with E-state index in [0.717, 1.165) is 4.31 Å². The Balaban J connectivity index is 2.51. The van der Waals surface area contributed by atoms with Crippen LogP contribution in [0.1, 0.15) is 12.1 Å². The third kappa shape index (κ3) is 3.06. The number of sulfonamides is 1. The lowest BCUT2D eigenvalue weighted by atomic mass is 10.3. The zero-order chi connectivity index (χ0) is 15.5. The molecule has 21 heavy (non-hydrogen) atoms. The Labute approximate surface area is 122 Å². The molecule has 0 radical (unpaired) electrons. The van der Waals surface area contributed by atoms with E-state index in [1.165, 1.54) is 24.4 Å². The number of nitrogens with two attached hydrogens (primary N) is 1. The molecule has 0 aliphatic rings. The monoisotopic (exact) mass is 312 g/mol. The number of H-pyrrole nitrogens is 1. The van der Waals surface area contributed by atoms with E-state index in [2.05, 4.69) is 10.2 Å². The second-order valence-corrected chi connectivity index (χ2v) is 6.36. The second kappa shape index (κ2) is 6.23. The van der Waals surface area contributed by atoms with E-state index in [1.54, 1.807) is 13.0 Å². The van der Waals surface area contributed by atoms with Gasteiger partial charge in [0.1, 0.15) is 10.7 Å². The SMILES string of the molecule is Cc1[nH]ncc1S(=O)(=O)N(CCCN)c1ccccc1F. The van der Waals surface area contributed by atoms with Gasteiger partial charge in [-0.2, -0.15) is 5.10 Å². The normalized spacial score (nSPS) is 11.6. The van der Waals surface area contributed by atoms with Crippen LogP contribution in [0.4, 0.5) is 10.1 Å². The van der Waals surface area contributed by atoms with Crippen molar-refractivity contribution in [3.05, 3.63) is 42.0 Å². The summed E-state index contributed by atoms with van der Waals surface area (Å²) in [5.74, 6) is -0.598. The molecule has 0 fully saturated rings. The minimum absolute atomic E-state index is 0.00606. The maximum absolute atomic E-state index is 14.0. The molecular formula is C13H17FN4O2S. The molecule has 0 unspecified atom stereocenters. The van der Waals surface area contributed by atoms with Gasteiger partial charge < -0.3 is 5.73 Å². The lowest BCUT2D eigenvalue weighted by Crippen LogP contribution is -2.34. The first-order valence-corrected chi connectivity index (χ1v) is 7.89. The van der Waals surface area contributed by atoms with Crippen LogP contribution < -0.4 is 10.0 Å². The second-order valence-electron chi connectivity index (χ2n) is 4.53. The first-order chi connectivity index (χ1) is 9.98. The van der Waals surface area contributed by atoms with Crippen LogP contribution in [0.15, 0.2) is 35.4 Å². The molecule has 2 rings (SSSR count). The van der Waals surface area contributed by atoms with E-state index in [4.69, 9.17) is 5.73 Å². The highest BCUT2D eigenvalue weighted by atomic mass is 32.2. The fourth-order valence-corrected chi connectivity index (χ4v) is 3.61. The van der Waals surface area contributed by atoms with Gasteiger partial charge in [0.25, 0.3) is 10.0 Å². The van der Waals surface area contributed by atoms with Crippen LogP contribution in [0.5, 0.6) is 0 Å². The molecule has 1 aromatic heterocycles. The van der Waals surface area contributed by atoms with Crippen molar-refractivity contribution in [3.63, 3.8) is 0 Å². The smallest absolute Gasteiger partial charge is 0.267 e. The third-order valence-electron chi connectivity index (χ3n) is 3.04. The summed E-state index contributed by atoms with van der Waals surface area (Å²) in [6.45, 7) is 2.01. The molecular weight excluding hydrogens is 295 g/mol. The van der Waals surface area contributed by atoms with Gasteiger partial charge in [0.05, 0.1) is 17.6 Å². The Morgan fingerprint density at radius 3 is 2.67 bits per heavy atom. The summed E-state index contributed by atoms with van der Waals surface area (Å²) < 4.78 is 40.5. The van der Waals surface area contributed by atoms with Crippen molar-refractivity contribution in [2.24, 2.45) is 5.73 Å². The summed E-state index contributed by atoms with van der Waals surface area (Å²) in [5, 5.41) is 6.30. The van der Waals surface area contributed by atoms with Crippen molar-refractivity contribution >= 4 is 15.7 Å². The summed E-state index contributed by atoms with van der Waals surface area (Å²) in [5.41, 5.74) is 5.86. The maximum atomic E-state index is 14.0. The van der Waals surface area contributed by atoms with Crippen LogP contribution in [0.2, 0.25) is 0 Å². The quantitative estimate of drug-likeness (QED) is 0.843. The molecule has 114 valence electrons. The van der Waals surface area contributed by atoms with E-state index in [0.29, 0.717) is 18.7 Å². The summed E-state index contributed by atoms with van der Waals surface area (Å²) >= 11 is 0. The molecule has 0 spiro atoms. The van der Waals surface area contributed by atoms with Crippen molar-refractivity contribution < 1.29 is 12.8 Å². The Morgan fingerprint density at radius 2 is 2.10 bits per heavy atom. The number of nitrogens with zero attached hydrogens (tertiary/aromatic N) is 2. The summed E-state index contributed by atoms with van der Waals surface area (Å²) in [6, 6.07) is 5.75. The molecule has 0 aliphatic heterocycles. The minimum atomic E-state index is -3.89. The van der Waals surface area contributed by atoms with Gasteiger partial charge in [-0.3, -0.25) is 9.40 Å². The number of anilines is 1. The lowest BCUT2D eigenvalue weighted by molar-refractivity contribution is 0.583. The van der Waals surface area contributed by atoms with Gasteiger partial charge in [-0.05, 0) is 32.0 Å². The molecule has 6 nitrogen and oxygen atoms in total. The van der Waals surface area contributed by atoms with Gasteiger partial charge in [-0.1, -0.05) is 12.1 Å². The lowest BCUT2D eigenvalue weighted by Gasteiger charge is -2.24. The largest absolute Gasteiger partial charge is 0.330 e. The molecule has 0 amide bonds. The van der Waals surface area contributed by atoms with Gasteiger partial charge >= 0.3 is 0 Å². The third-order valence-corrected chi connectivity index (χ3v) is 4.97. The summed E-state index contributed by atoms with van der Waals surface area (Å²) in [4.78, 5) is 0.0303. The molecule has 0 atom stereocenters.